The number of nitrogens with zero attached hydrogens (tertiary/aromatic N) is 3. The molecule has 2 heterocycles. The number of anilines is 3. The largest absolute Gasteiger partial charge is 0.496 e. The second kappa shape index (κ2) is 14.6. The van der Waals surface area contributed by atoms with Crippen molar-refractivity contribution < 1.29 is 4.74 Å². The molecule has 7 rings (SSSR count). The zero-order valence-electron chi connectivity index (χ0n) is 31.8. The summed E-state index contributed by atoms with van der Waals surface area (Å²) in [6.45, 7) is 13.7. The summed E-state index contributed by atoms with van der Waals surface area (Å²) in [6, 6.07) is 53.3. The Kier molecular flexibility index (Phi) is 9.72. The Labute approximate surface area is 314 Å². The highest BCUT2D eigenvalue weighted by Crippen LogP contribution is 2.42. The summed E-state index contributed by atoms with van der Waals surface area (Å²) in [7, 11) is 1.73. The second-order valence-electron chi connectivity index (χ2n) is 15.6. The van der Waals surface area contributed by atoms with E-state index in [9.17, 15) is 0 Å². The maximum Gasteiger partial charge on any atom is 0.139 e. The van der Waals surface area contributed by atoms with Gasteiger partial charge in [-0.2, -0.15) is 0 Å². The fourth-order valence-electron chi connectivity index (χ4n) is 6.73. The first-order valence-electron chi connectivity index (χ1n) is 18.3. The third-order valence-corrected chi connectivity index (χ3v) is 9.72. The molecule has 4 nitrogen and oxygen atoms in total. The number of hydrogen-bond donors (Lipinski definition) is 0. The minimum Gasteiger partial charge on any atom is -0.496 e. The predicted octanol–water partition coefficient (Wildman–Crippen LogP) is 13.2. The van der Waals surface area contributed by atoms with Gasteiger partial charge in [-0.15, -0.1) is 0 Å². The molecule has 53 heavy (non-hydrogen) atoms. The van der Waals surface area contributed by atoms with E-state index in [1.54, 1.807) is 7.11 Å². The van der Waals surface area contributed by atoms with Crippen molar-refractivity contribution in [1.82, 2.24) is 9.97 Å². The van der Waals surface area contributed by atoms with Crippen molar-refractivity contribution in [2.24, 2.45) is 0 Å². The molecule has 0 unspecified atom stereocenters. The van der Waals surface area contributed by atoms with Crippen LogP contribution in [-0.2, 0) is 10.8 Å². The van der Waals surface area contributed by atoms with E-state index >= 15 is 0 Å². The summed E-state index contributed by atoms with van der Waals surface area (Å²) < 4.78 is 5.89. The quantitative estimate of drug-likeness (QED) is 0.159. The van der Waals surface area contributed by atoms with Crippen molar-refractivity contribution >= 4 is 17.3 Å². The van der Waals surface area contributed by atoms with Gasteiger partial charge in [0.2, 0.25) is 0 Å². The fraction of sp³-hybridized carbons (Fsp3) is 0.184. The topological polar surface area (TPSA) is 38.2 Å². The van der Waals surface area contributed by atoms with Crippen LogP contribution >= 0.6 is 0 Å². The van der Waals surface area contributed by atoms with Gasteiger partial charge in [0.25, 0.3) is 0 Å². The Hall–Kier alpha value is -6.00. The summed E-state index contributed by atoms with van der Waals surface area (Å²) in [4.78, 5) is 12.4. The van der Waals surface area contributed by atoms with Crippen molar-refractivity contribution in [3.63, 3.8) is 0 Å². The number of ether oxygens (including phenoxy) is 1. The van der Waals surface area contributed by atoms with Crippen molar-refractivity contribution in [1.29, 1.82) is 0 Å². The molecular formula is C49H47N3O. The van der Waals surface area contributed by atoms with Crippen molar-refractivity contribution in [3.05, 3.63) is 169 Å². The minimum atomic E-state index is -0.0139. The highest BCUT2D eigenvalue weighted by Gasteiger charge is 2.23. The average Bonchev–Trinajstić information content (AvgIpc) is 3.18. The predicted molar refractivity (Wildman–Crippen MR) is 222 cm³/mol. The molecule has 0 radical (unpaired) electrons. The van der Waals surface area contributed by atoms with Crippen molar-refractivity contribution in [2.75, 3.05) is 12.0 Å². The van der Waals surface area contributed by atoms with Crippen LogP contribution in [0.15, 0.2) is 158 Å². The van der Waals surface area contributed by atoms with E-state index in [0.717, 1.165) is 62.1 Å². The maximum atomic E-state index is 5.89. The van der Waals surface area contributed by atoms with Crippen LogP contribution in [0.1, 0.15) is 52.7 Å². The Morgan fingerprint density at radius 1 is 0.472 bits per heavy atom. The van der Waals surface area contributed by atoms with E-state index in [2.05, 4.69) is 162 Å². The molecule has 0 aliphatic rings. The van der Waals surface area contributed by atoms with Crippen molar-refractivity contribution in [2.45, 2.75) is 52.4 Å². The monoisotopic (exact) mass is 693 g/mol. The zero-order valence-corrected chi connectivity index (χ0v) is 31.8. The van der Waals surface area contributed by atoms with E-state index in [4.69, 9.17) is 14.7 Å². The molecule has 264 valence electrons. The fourth-order valence-corrected chi connectivity index (χ4v) is 6.73. The SMILES string of the molecule is COc1ccccc1-c1cc(-c2cc(C(C)(C)C)cc(C(C)(C)C)c2)cc(-c2cccc(N(c3ccccn3)c3ccccc3-c3ccccc3)n2)c1. The van der Waals surface area contributed by atoms with Crippen LogP contribution in [0.2, 0.25) is 0 Å². The van der Waals surface area contributed by atoms with Gasteiger partial charge in [0, 0.05) is 22.9 Å². The van der Waals surface area contributed by atoms with Crippen molar-refractivity contribution in [3.8, 4) is 50.4 Å². The molecule has 7 aromatic rings. The van der Waals surface area contributed by atoms with Crippen LogP contribution in [0.5, 0.6) is 5.75 Å². The summed E-state index contributed by atoms with van der Waals surface area (Å²) >= 11 is 0. The van der Waals surface area contributed by atoms with Gasteiger partial charge in [-0.25, -0.2) is 9.97 Å². The van der Waals surface area contributed by atoms with Gasteiger partial charge in [0.15, 0.2) is 0 Å². The van der Waals surface area contributed by atoms with E-state index in [1.165, 1.54) is 16.7 Å². The van der Waals surface area contributed by atoms with E-state index in [-0.39, 0.29) is 10.8 Å². The Balaban J connectivity index is 1.45. The molecule has 0 N–H and O–H groups in total. The van der Waals surface area contributed by atoms with Gasteiger partial charge < -0.3 is 4.74 Å². The maximum absolute atomic E-state index is 5.89. The summed E-state index contributed by atoms with van der Waals surface area (Å²) in [6.07, 6.45) is 1.83. The Bertz CT molecular complexity index is 2320. The number of aromatic nitrogens is 2. The number of pyridine rings is 2. The molecule has 0 saturated heterocycles. The number of benzene rings is 5. The highest BCUT2D eigenvalue weighted by molar-refractivity contribution is 5.87. The Morgan fingerprint density at radius 2 is 1.06 bits per heavy atom. The van der Waals surface area contributed by atoms with Crippen LogP contribution in [0.3, 0.4) is 0 Å². The standard InChI is InChI=1S/C49H47N3O/c1-48(2,3)39-31-36(32-40(33-39)49(4,5)6)35-28-37(42-21-12-14-24-45(42)53-7)30-38(29-35)43-22-17-26-47(51-43)52(46-25-15-16-27-50-46)44-23-13-11-20-41(44)34-18-9-8-10-19-34/h8-33H,1-7H3. The van der Waals surface area contributed by atoms with Crippen LogP contribution < -0.4 is 9.64 Å². The average molecular weight is 694 g/mol. The lowest BCUT2D eigenvalue weighted by Gasteiger charge is -2.27. The molecule has 0 aliphatic carbocycles. The van der Waals surface area contributed by atoms with Crippen LogP contribution in [0, 0.1) is 0 Å². The van der Waals surface area contributed by atoms with E-state index < -0.39 is 0 Å². The van der Waals surface area contributed by atoms with Crippen LogP contribution in [-0.4, -0.2) is 17.1 Å². The first-order valence-corrected chi connectivity index (χ1v) is 18.3. The van der Waals surface area contributed by atoms with Gasteiger partial charge in [0.1, 0.15) is 17.4 Å². The third kappa shape index (κ3) is 7.64. The van der Waals surface area contributed by atoms with Gasteiger partial charge >= 0.3 is 0 Å². The highest BCUT2D eigenvalue weighted by atomic mass is 16.5. The number of para-hydroxylation sites is 2. The molecule has 0 bridgehead atoms. The second-order valence-corrected chi connectivity index (χ2v) is 15.6. The zero-order chi connectivity index (χ0) is 37.2. The van der Waals surface area contributed by atoms with Crippen LogP contribution in [0.25, 0.3) is 44.6 Å². The molecule has 0 fully saturated rings. The lowest BCUT2D eigenvalue weighted by Crippen LogP contribution is -2.16. The number of hydrogen-bond acceptors (Lipinski definition) is 4. The molecule has 0 atom stereocenters. The molecule has 0 saturated carbocycles. The van der Waals surface area contributed by atoms with E-state index in [1.807, 2.05) is 42.6 Å². The summed E-state index contributed by atoms with van der Waals surface area (Å²) in [5.41, 5.74) is 12.1. The van der Waals surface area contributed by atoms with Gasteiger partial charge in [-0.1, -0.05) is 139 Å². The number of methoxy groups -OCH3 is 1. The lowest BCUT2D eigenvalue weighted by atomic mass is 9.78. The van der Waals surface area contributed by atoms with Crippen LogP contribution in [0.4, 0.5) is 17.3 Å². The third-order valence-electron chi connectivity index (χ3n) is 9.72. The molecule has 0 spiro atoms. The summed E-state index contributed by atoms with van der Waals surface area (Å²) in [5.74, 6) is 2.39. The van der Waals surface area contributed by atoms with Gasteiger partial charge in [-0.05, 0) is 98.8 Å². The van der Waals surface area contributed by atoms with Gasteiger partial charge in [-0.3, -0.25) is 4.90 Å². The molecular weight excluding hydrogens is 647 g/mol. The molecule has 0 amide bonds. The summed E-state index contributed by atoms with van der Waals surface area (Å²) in [5, 5.41) is 0. The first-order chi connectivity index (χ1) is 25.5. The molecule has 2 aromatic heterocycles. The molecule has 0 aliphatic heterocycles. The molecule has 5 aromatic carbocycles. The normalized spacial score (nSPS) is 11.7. The minimum absolute atomic E-state index is 0.0139. The number of rotatable bonds is 8. The Morgan fingerprint density at radius 3 is 1.74 bits per heavy atom. The molecule has 4 heteroatoms. The van der Waals surface area contributed by atoms with E-state index in [0.29, 0.717) is 0 Å². The van der Waals surface area contributed by atoms with Gasteiger partial charge in [0.05, 0.1) is 18.5 Å². The first kappa shape index (κ1) is 35.4. The lowest BCUT2D eigenvalue weighted by molar-refractivity contribution is 0.416. The smallest absolute Gasteiger partial charge is 0.139 e.